The summed E-state index contributed by atoms with van der Waals surface area (Å²) in [7, 11) is 0. The third-order valence-corrected chi connectivity index (χ3v) is 2.74. The van der Waals surface area contributed by atoms with Crippen LogP contribution in [-0.4, -0.2) is 17.0 Å². The van der Waals surface area contributed by atoms with E-state index >= 15 is 0 Å². The fraction of sp³-hybridized carbons (Fsp3) is 0.0909. The number of H-pyrrole nitrogens is 1. The number of benzene rings is 1. The van der Waals surface area contributed by atoms with Gasteiger partial charge in [0.2, 0.25) is 6.23 Å². The van der Waals surface area contributed by atoms with Crippen LogP contribution in [0.15, 0.2) is 24.4 Å². The number of amides is 2. The fourth-order valence-electron chi connectivity index (χ4n) is 2.06. The standard InChI is InChI=1S/C11H9N3O3/c12-11(16)14-9-6-4-13-7-3-1-2-5(8(6)7)10(15)17-9/h1-4,9,13H,(H3,12,14,16). The smallest absolute Gasteiger partial charge is 0.341 e. The number of rotatable bonds is 1. The van der Waals surface area contributed by atoms with Crippen LogP contribution in [0.1, 0.15) is 22.1 Å². The Labute approximate surface area is 95.7 Å². The van der Waals surface area contributed by atoms with E-state index in [1.807, 2.05) is 6.07 Å². The van der Waals surface area contributed by atoms with Crippen molar-refractivity contribution in [1.82, 2.24) is 10.3 Å². The number of primary amides is 1. The maximum absolute atomic E-state index is 11.7. The molecule has 2 aromatic rings. The first kappa shape index (κ1) is 9.71. The van der Waals surface area contributed by atoms with Gasteiger partial charge in [0, 0.05) is 22.7 Å². The van der Waals surface area contributed by atoms with Crippen LogP contribution in [0, 0.1) is 0 Å². The lowest BCUT2D eigenvalue weighted by Crippen LogP contribution is -2.37. The quantitative estimate of drug-likeness (QED) is 0.639. The number of esters is 1. The summed E-state index contributed by atoms with van der Waals surface area (Å²) >= 11 is 0. The number of hydrogen-bond donors (Lipinski definition) is 3. The second-order valence-corrected chi connectivity index (χ2v) is 3.77. The molecule has 4 N–H and O–H groups in total. The van der Waals surface area contributed by atoms with Gasteiger partial charge in [-0.05, 0) is 12.1 Å². The van der Waals surface area contributed by atoms with Crippen molar-refractivity contribution < 1.29 is 14.3 Å². The highest BCUT2D eigenvalue weighted by atomic mass is 16.6. The number of nitrogens with one attached hydrogen (secondary N) is 2. The second-order valence-electron chi connectivity index (χ2n) is 3.77. The fourth-order valence-corrected chi connectivity index (χ4v) is 2.06. The van der Waals surface area contributed by atoms with E-state index in [2.05, 4.69) is 10.3 Å². The van der Waals surface area contributed by atoms with E-state index in [0.29, 0.717) is 11.1 Å². The zero-order valence-corrected chi connectivity index (χ0v) is 8.69. The minimum Gasteiger partial charge on any atom is -0.434 e. The van der Waals surface area contributed by atoms with Gasteiger partial charge in [0.05, 0.1) is 5.56 Å². The molecule has 1 aromatic carbocycles. The van der Waals surface area contributed by atoms with Gasteiger partial charge in [0.1, 0.15) is 0 Å². The molecule has 86 valence electrons. The molecular formula is C11H9N3O3. The van der Waals surface area contributed by atoms with E-state index in [1.165, 1.54) is 0 Å². The van der Waals surface area contributed by atoms with Gasteiger partial charge < -0.3 is 15.5 Å². The summed E-state index contributed by atoms with van der Waals surface area (Å²) < 4.78 is 5.10. The molecule has 1 aromatic heterocycles. The SMILES string of the molecule is NC(=O)NC1OC(=O)c2cccc3[nH]cc1c23. The van der Waals surface area contributed by atoms with E-state index in [4.69, 9.17) is 10.5 Å². The monoisotopic (exact) mass is 231 g/mol. The van der Waals surface area contributed by atoms with Crippen LogP contribution in [0.5, 0.6) is 0 Å². The van der Waals surface area contributed by atoms with Crippen LogP contribution >= 0.6 is 0 Å². The van der Waals surface area contributed by atoms with E-state index < -0.39 is 18.2 Å². The number of ether oxygens (including phenoxy) is 1. The summed E-state index contributed by atoms with van der Waals surface area (Å²) in [6.45, 7) is 0. The summed E-state index contributed by atoms with van der Waals surface area (Å²) in [4.78, 5) is 25.6. The molecule has 6 heteroatoms. The number of carbonyl (C=O) groups excluding carboxylic acids is 2. The highest BCUT2D eigenvalue weighted by molar-refractivity contribution is 6.07. The Morgan fingerprint density at radius 3 is 3.06 bits per heavy atom. The molecule has 1 aliphatic heterocycles. The van der Waals surface area contributed by atoms with Crippen molar-refractivity contribution in [1.29, 1.82) is 0 Å². The number of nitrogens with two attached hydrogens (primary N) is 1. The van der Waals surface area contributed by atoms with E-state index in [-0.39, 0.29) is 0 Å². The number of carbonyl (C=O) groups is 2. The molecule has 6 nitrogen and oxygen atoms in total. The largest absolute Gasteiger partial charge is 0.434 e. The predicted octanol–water partition coefficient (Wildman–Crippen LogP) is 1.01. The minimum atomic E-state index is -0.830. The van der Waals surface area contributed by atoms with Crippen LogP contribution in [-0.2, 0) is 4.74 Å². The van der Waals surface area contributed by atoms with Crippen molar-refractivity contribution in [2.75, 3.05) is 0 Å². The third kappa shape index (κ3) is 1.34. The zero-order valence-electron chi connectivity index (χ0n) is 8.69. The second kappa shape index (κ2) is 3.24. The van der Waals surface area contributed by atoms with Crippen molar-refractivity contribution in [3.05, 3.63) is 35.5 Å². The Balaban J connectivity index is 2.21. The van der Waals surface area contributed by atoms with Gasteiger partial charge in [-0.15, -0.1) is 0 Å². The highest BCUT2D eigenvalue weighted by Crippen LogP contribution is 2.33. The average molecular weight is 231 g/mol. The van der Waals surface area contributed by atoms with Crippen molar-refractivity contribution in [2.24, 2.45) is 5.73 Å². The molecule has 0 radical (unpaired) electrons. The molecule has 1 unspecified atom stereocenters. The third-order valence-electron chi connectivity index (χ3n) is 2.74. The topological polar surface area (TPSA) is 97.2 Å². The Bertz CT molecular complexity index is 632. The minimum absolute atomic E-state index is 0.471. The van der Waals surface area contributed by atoms with Gasteiger partial charge in [0.25, 0.3) is 0 Å². The van der Waals surface area contributed by atoms with Crippen molar-refractivity contribution in [3.8, 4) is 0 Å². The normalized spacial score (nSPS) is 17.9. The molecule has 3 rings (SSSR count). The Morgan fingerprint density at radius 1 is 1.47 bits per heavy atom. The average Bonchev–Trinajstić information content (AvgIpc) is 2.69. The molecule has 0 aliphatic carbocycles. The Kier molecular flexibility index (Phi) is 1.85. The number of hydrogen-bond acceptors (Lipinski definition) is 3. The molecule has 1 atom stereocenters. The van der Waals surface area contributed by atoms with Crippen LogP contribution in [0.3, 0.4) is 0 Å². The lowest BCUT2D eigenvalue weighted by molar-refractivity contribution is 0.0231. The molecule has 1 aliphatic rings. The molecule has 0 spiro atoms. The van der Waals surface area contributed by atoms with Crippen LogP contribution in [0.4, 0.5) is 4.79 Å². The summed E-state index contributed by atoms with van der Waals surface area (Å²) in [5.74, 6) is -0.471. The Morgan fingerprint density at radius 2 is 2.29 bits per heavy atom. The maximum atomic E-state index is 11.7. The van der Waals surface area contributed by atoms with E-state index in [1.54, 1.807) is 18.3 Å². The van der Waals surface area contributed by atoms with E-state index in [9.17, 15) is 9.59 Å². The molecule has 0 fully saturated rings. The molecule has 17 heavy (non-hydrogen) atoms. The highest BCUT2D eigenvalue weighted by Gasteiger charge is 2.30. The number of cyclic esters (lactones) is 1. The van der Waals surface area contributed by atoms with Gasteiger partial charge in [0.15, 0.2) is 0 Å². The Hall–Kier alpha value is -2.50. The van der Waals surface area contributed by atoms with Gasteiger partial charge in [-0.1, -0.05) is 6.07 Å². The number of urea groups is 1. The first-order chi connectivity index (χ1) is 8.16. The predicted molar refractivity (Wildman–Crippen MR) is 59.2 cm³/mol. The lowest BCUT2D eigenvalue weighted by Gasteiger charge is -2.22. The van der Waals surface area contributed by atoms with Crippen LogP contribution in [0.25, 0.3) is 10.9 Å². The van der Waals surface area contributed by atoms with Crippen molar-refractivity contribution in [3.63, 3.8) is 0 Å². The van der Waals surface area contributed by atoms with E-state index in [0.717, 1.165) is 10.9 Å². The van der Waals surface area contributed by atoms with Crippen molar-refractivity contribution >= 4 is 22.9 Å². The molecule has 2 heterocycles. The van der Waals surface area contributed by atoms with Crippen LogP contribution in [0.2, 0.25) is 0 Å². The summed E-state index contributed by atoms with van der Waals surface area (Å²) in [6.07, 6.45) is 0.866. The lowest BCUT2D eigenvalue weighted by atomic mass is 10.0. The molecule has 0 saturated carbocycles. The molecular weight excluding hydrogens is 222 g/mol. The number of aromatic nitrogens is 1. The maximum Gasteiger partial charge on any atom is 0.341 e. The van der Waals surface area contributed by atoms with Gasteiger partial charge in [-0.3, -0.25) is 5.32 Å². The molecule has 0 bridgehead atoms. The molecule has 2 amide bonds. The van der Waals surface area contributed by atoms with Gasteiger partial charge >= 0.3 is 12.0 Å². The van der Waals surface area contributed by atoms with Crippen molar-refractivity contribution in [2.45, 2.75) is 6.23 Å². The van der Waals surface area contributed by atoms with Gasteiger partial charge in [-0.25, -0.2) is 9.59 Å². The zero-order chi connectivity index (χ0) is 12.0. The summed E-state index contributed by atoms with van der Waals surface area (Å²) in [5, 5.41) is 3.14. The first-order valence-corrected chi connectivity index (χ1v) is 5.04. The molecule has 0 saturated heterocycles. The summed E-state index contributed by atoms with van der Waals surface area (Å²) in [5.41, 5.74) is 7.05. The number of aromatic amines is 1. The first-order valence-electron chi connectivity index (χ1n) is 5.04. The summed E-state index contributed by atoms with van der Waals surface area (Å²) in [6, 6.07) is 4.56. The van der Waals surface area contributed by atoms with Gasteiger partial charge in [-0.2, -0.15) is 0 Å². The van der Waals surface area contributed by atoms with Crippen LogP contribution < -0.4 is 11.1 Å².